The number of ether oxygens (including phenoxy) is 1. The standard InChI is InChI=1S/C12H16O4/c1-3-9-12(2)5-4-7(10(13)14)8(6-12)11(15)16-9/h4-5,7-9H,3,6H2,1-2H3,(H,13,14)/t7-,8+,9-,12+/m1/s1. The average Bonchev–Trinajstić information content (AvgIpc) is 2.23. The van der Waals surface area contributed by atoms with Crippen LogP contribution < -0.4 is 0 Å². The smallest absolute Gasteiger partial charge is 0.311 e. The molecule has 0 spiro atoms. The fraction of sp³-hybridized carbons (Fsp3) is 0.667. The predicted molar refractivity (Wildman–Crippen MR) is 56.7 cm³/mol. The Kier molecular flexibility index (Phi) is 2.52. The molecule has 1 aliphatic carbocycles. The number of cyclic esters (lactones) is 1. The van der Waals surface area contributed by atoms with Gasteiger partial charge in [-0.1, -0.05) is 26.0 Å². The second kappa shape index (κ2) is 3.61. The summed E-state index contributed by atoms with van der Waals surface area (Å²) in [4.78, 5) is 22.7. The molecule has 0 radical (unpaired) electrons. The molecule has 2 bridgehead atoms. The molecule has 0 saturated carbocycles. The second-order valence-corrected chi connectivity index (χ2v) is 4.87. The van der Waals surface area contributed by atoms with Gasteiger partial charge in [0.05, 0.1) is 11.8 Å². The lowest BCUT2D eigenvalue weighted by atomic mass is 9.66. The first-order valence-electron chi connectivity index (χ1n) is 5.60. The van der Waals surface area contributed by atoms with Gasteiger partial charge in [-0.15, -0.1) is 0 Å². The zero-order valence-electron chi connectivity index (χ0n) is 9.47. The minimum atomic E-state index is -0.949. The summed E-state index contributed by atoms with van der Waals surface area (Å²) in [6, 6.07) is 0. The quantitative estimate of drug-likeness (QED) is 0.571. The molecule has 1 aliphatic heterocycles. The summed E-state index contributed by atoms with van der Waals surface area (Å²) in [6.45, 7) is 4.00. The summed E-state index contributed by atoms with van der Waals surface area (Å²) in [5.41, 5.74) is -0.195. The molecule has 0 aromatic carbocycles. The maximum atomic E-state index is 11.7. The highest BCUT2D eigenvalue weighted by molar-refractivity contribution is 5.84. The number of aliphatic carboxylic acids is 1. The van der Waals surface area contributed by atoms with E-state index in [-0.39, 0.29) is 17.5 Å². The van der Waals surface area contributed by atoms with Crippen molar-refractivity contribution in [3.63, 3.8) is 0 Å². The predicted octanol–water partition coefficient (Wildman–Crippen LogP) is 1.60. The van der Waals surface area contributed by atoms with Gasteiger partial charge in [-0.25, -0.2) is 0 Å². The van der Waals surface area contributed by atoms with Gasteiger partial charge in [-0.3, -0.25) is 9.59 Å². The molecule has 4 atom stereocenters. The van der Waals surface area contributed by atoms with Crippen LogP contribution >= 0.6 is 0 Å². The number of fused-ring (bicyclic) bond motifs is 2. The van der Waals surface area contributed by atoms with Gasteiger partial charge >= 0.3 is 11.9 Å². The highest BCUT2D eigenvalue weighted by Crippen LogP contribution is 2.46. The van der Waals surface area contributed by atoms with Gasteiger partial charge in [0.25, 0.3) is 0 Å². The first-order valence-corrected chi connectivity index (χ1v) is 5.60. The van der Waals surface area contributed by atoms with Gasteiger partial charge in [-0.05, 0) is 12.8 Å². The molecule has 1 fully saturated rings. The van der Waals surface area contributed by atoms with E-state index in [4.69, 9.17) is 9.84 Å². The fourth-order valence-electron chi connectivity index (χ4n) is 2.76. The van der Waals surface area contributed by atoms with E-state index in [1.807, 2.05) is 19.9 Å². The number of hydrogen-bond acceptors (Lipinski definition) is 3. The SMILES string of the molecule is CC[C@H]1OC(=O)[C@H]2C[C@]1(C)C=C[C@H]2C(=O)O. The van der Waals surface area contributed by atoms with Crippen LogP contribution in [0, 0.1) is 17.3 Å². The molecule has 0 unspecified atom stereocenters. The Morgan fingerprint density at radius 3 is 2.94 bits per heavy atom. The molecular formula is C12H16O4. The van der Waals surface area contributed by atoms with Crippen molar-refractivity contribution in [3.05, 3.63) is 12.2 Å². The zero-order chi connectivity index (χ0) is 11.9. The first-order chi connectivity index (χ1) is 7.48. The molecule has 1 heterocycles. The molecular weight excluding hydrogens is 208 g/mol. The summed E-state index contributed by atoms with van der Waals surface area (Å²) < 4.78 is 5.33. The van der Waals surface area contributed by atoms with Crippen LogP contribution in [0.15, 0.2) is 12.2 Å². The molecule has 4 nitrogen and oxygen atoms in total. The van der Waals surface area contributed by atoms with Crippen LogP contribution in [0.1, 0.15) is 26.7 Å². The summed E-state index contributed by atoms with van der Waals surface area (Å²) in [6.07, 6.45) is 4.78. The molecule has 0 aromatic rings. The van der Waals surface area contributed by atoms with Crippen LogP contribution in [-0.4, -0.2) is 23.1 Å². The Morgan fingerprint density at radius 2 is 2.38 bits per heavy atom. The van der Waals surface area contributed by atoms with E-state index in [1.54, 1.807) is 6.08 Å². The molecule has 88 valence electrons. The van der Waals surface area contributed by atoms with Crippen LogP contribution in [0.4, 0.5) is 0 Å². The van der Waals surface area contributed by atoms with E-state index < -0.39 is 17.8 Å². The fourth-order valence-corrected chi connectivity index (χ4v) is 2.76. The van der Waals surface area contributed by atoms with Crippen molar-refractivity contribution in [2.75, 3.05) is 0 Å². The van der Waals surface area contributed by atoms with Gasteiger partial charge in [0.1, 0.15) is 6.10 Å². The summed E-state index contributed by atoms with van der Waals surface area (Å²) in [5, 5.41) is 9.02. The number of hydrogen-bond donors (Lipinski definition) is 1. The largest absolute Gasteiger partial charge is 0.481 e. The van der Waals surface area contributed by atoms with E-state index in [9.17, 15) is 9.59 Å². The van der Waals surface area contributed by atoms with Crippen LogP contribution in [0.3, 0.4) is 0 Å². The highest BCUT2D eigenvalue weighted by Gasteiger charge is 2.50. The third-order valence-corrected chi connectivity index (χ3v) is 3.73. The van der Waals surface area contributed by atoms with Gasteiger partial charge in [0.2, 0.25) is 0 Å². The van der Waals surface area contributed by atoms with Gasteiger partial charge in [0.15, 0.2) is 0 Å². The van der Waals surface area contributed by atoms with Crippen LogP contribution in [0.5, 0.6) is 0 Å². The lowest BCUT2D eigenvalue weighted by Gasteiger charge is -2.45. The van der Waals surface area contributed by atoms with Crippen molar-refractivity contribution in [3.8, 4) is 0 Å². The average molecular weight is 224 g/mol. The maximum absolute atomic E-state index is 11.7. The number of rotatable bonds is 2. The van der Waals surface area contributed by atoms with Gasteiger partial charge in [-0.2, -0.15) is 0 Å². The summed E-state index contributed by atoms with van der Waals surface area (Å²) >= 11 is 0. The normalized spacial score (nSPS) is 41.6. The van der Waals surface area contributed by atoms with Crippen LogP contribution in [-0.2, 0) is 14.3 Å². The number of esters is 1. The summed E-state index contributed by atoms with van der Waals surface area (Å²) in [7, 11) is 0. The third kappa shape index (κ3) is 1.52. The van der Waals surface area contributed by atoms with Crippen molar-refractivity contribution in [1.82, 2.24) is 0 Å². The van der Waals surface area contributed by atoms with Crippen LogP contribution in [0.2, 0.25) is 0 Å². The Bertz CT molecular complexity index is 360. The molecule has 2 aliphatic rings. The maximum Gasteiger partial charge on any atom is 0.311 e. The molecule has 1 saturated heterocycles. The molecule has 16 heavy (non-hydrogen) atoms. The lowest BCUT2D eigenvalue weighted by molar-refractivity contribution is -0.178. The van der Waals surface area contributed by atoms with Crippen molar-refractivity contribution in [2.24, 2.45) is 17.3 Å². The molecule has 1 N–H and O–H groups in total. The van der Waals surface area contributed by atoms with Crippen LogP contribution in [0.25, 0.3) is 0 Å². The zero-order valence-corrected chi connectivity index (χ0v) is 9.47. The first kappa shape index (κ1) is 11.2. The lowest BCUT2D eigenvalue weighted by Crippen LogP contribution is -2.49. The van der Waals surface area contributed by atoms with Gasteiger partial charge < -0.3 is 9.84 Å². The van der Waals surface area contributed by atoms with E-state index in [1.165, 1.54) is 0 Å². The number of carboxylic acid groups (broad SMARTS) is 1. The molecule has 2 rings (SSSR count). The Balaban J connectivity index is 2.35. The van der Waals surface area contributed by atoms with E-state index in [2.05, 4.69) is 0 Å². The topological polar surface area (TPSA) is 63.6 Å². The monoisotopic (exact) mass is 224 g/mol. The van der Waals surface area contributed by atoms with Crippen molar-refractivity contribution >= 4 is 11.9 Å². The third-order valence-electron chi connectivity index (χ3n) is 3.73. The Morgan fingerprint density at radius 1 is 1.69 bits per heavy atom. The minimum absolute atomic E-state index is 0.123. The van der Waals surface area contributed by atoms with Crippen molar-refractivity contribution < 1.29 is 19.4 Å². The molecule has 0 aromatic heterocycles. The Hall–Kier alpha value is -1.32. The highest BCUT2D eigenvalue weighted by atomic mass is 16.5. The van der Waals surface area contributed by atoms with Crippen molar-refractivity contribution in [2.45, 2.75) is 32.8 Å². The van der Waals surface area contributed by atoms with E-state index in [0.29, 0.717) is 6.42 Å². The Labute approximate surface area is 94.3 Å². The number of carbonyl (C=O) groups is 2. The number of carboxylic acids is 1. The number of carbonyl (C=O) groups excluding carboxylic acids is 1. The van der Waals surface area contributed by atoms with E-state index in [0.717, 1.165) is 6.42 Å². The second-order valence-electron chi connectivity index (χ2n) is 4.87. The molecule has 4 heteroatoms. The van der Waals surface area contributed by atoms with Gasteiger partial charge in [0, 0.05) is 5.41 Å². The summed E-state index contributed by atoms with van der Waals surface area (Å²) in [5.74, 6) is -2.55. The van der Waals surface area contributed by atoms with E-state index >= 15 is 0 Å². The minimum Gasteiger partial charge on any atom is -0.481 e. The molecule has 0 amide bonds. The van der Waals surface area contributed by atoms with Crippen molar-refractivity contribution in [1.29, 1.82) is 0 Å².